The van der Waals surface area contributed by atoms with Crippen LogP contribution in [0.4, 0.5) is 0 Å². The highest BCUT2D eigenvalue weighted by molar-refractivity contribution is 9.09. The van der Waals surface area contributed by atoms with E-state index < -0.39 is 0 Å². The van der Waals surface area contributed by atoms with E-state index in [2.05, 4.69) is 22.9 Å². The Labute approximate surface area is 57.4 Å². The lowest BCUT2D eigenvalue weighted by atomic mass is 10.2. The zero-order valence-electron chi connectivity index (χ0n) is 4.25. The van der Waals surface area contributed by atoms with Crippen molar-refractivity contribution in [3.63, 3.8) is 0 Å². The summed E-state index contributed by atoms with van der Waals surface area (Å²) in [6.45, 7) is 2.19. The van der Waals surface area contributed by atoms with Crippen LogP contribution in [0.1, 0.15) is 13.3 Å². The van der Waals surface area contributed by atoms with Gasteiger partial charge in [0.2, 0.25) is 0 Å². The summed E-state index contributed by atoms with van der Waals surface area (Å²) in [7, 11) is 0. The molecule has 2 heteroatoms. The molecule has 1 fully saturated rings. The average Bonchev–Trinajstić information content (AvgIpc) is 2.18. The van der Waals surface area contributed by atoms with E-state index in [4.69, 9.17) is 11.6 Å². The Balaban J connectivity index is 2.36. The Hall–Kier alpha value is 0.770. The van der Waals surface area contributed by atoms with Crippen molar-refractivity contribution in [3.05, 3.63) is 0 Å². The van der Waals surface area contributed by atoms with E-state index >= 15 is 0 Å². The lowest BCUT2D eigenvalue weighted by Gasteiger charge is -1.97. The first-order valence-corrected chi connectivity index (χ1v) is 3.84. The standard InChI is InChI=1S/C5H8BrCl/c1-5(3-7)2-4(5)6/h4H,2-3H2,1H3. The Morgan fingerprint density at radius 2 is 2.43 bits per heavy atom. The van der Waals surface area contributed by atoms with E-state index in [-0.39, 0.29) is 0 Å². The monoisotopic (exact) mass is 182 g/mol. The van der Waals surface area contributed by atoms with E-state index in [1.54, 1.807) is 0 Å². The predicted octanol–water partition coefficient (Wildman–Crippen LogP) is 2.40. The van der Waals surface area contributed by atoms with Crippen molar-refractivity contribution in [1.82, 2.24) is 0 Å². The number of hydrogen-bond donors (Lipinski definition) is 0. The van der Waals surface area contributed by atoms with Gasteiger partial charge in [0.25, 0.3) is 0 Å². The number of alkyl halides is 2. The van der Waals surface area contributed by atoms with Crippen LogP contribution in [0.15, 0.2) is 0 Å². The van der Waals surface area contributed by atoms with Gasteiger partial charge in [0.15, 0.2) is 0 Å². The van der Waals surface area contributed by atoms with Crippen LogP contribution < -0.4 is 0 Å². The van der Waals surface area contributed by atoms with Gasteiger partial charge in [0.1, 0.15) is 0 Å². The Bertz CT molecular complexity index is 80.1. The van der Waals surface area contributed by atoms with E-state index in [0.717, 1.165) is 5.88 Å². The van der Waals surface area contributed by atoms with Gasteiger partial charge in [-0.2, -0.15) is 0 Å². The molecule has 0 aromatic carbocycles. The first kappa shape index (κ1) is 5.90. The molecule has 0 heterocycles. The van der Waals surface area contributed by atoms with Crippen molar-refractivity contribution in [3.8, 4) is 0 Å². The average molecular weight is 183 g/mol. The summed E-state index contributed by atoms with van der Waals surface area (Å²) >= 11 is 9.09. The van der Waals surface area contributed by atoms with Gasteiger partial charge in [-0.3, -0.25) is 0 Å². The number of rotatable bonds is 1. The molecule has 2 atom stereocenters. The van der Waals surface area contributed by atoms with Crippen molar-refractivity contribution in [2.24, 2.45) is 5.41 Å². The van der Waals surface area contributed by atoms with Crippen LogP contribution in [-0.4, -0.2) is 10.7 Å². The van der Waals surface area contributed by atoms with Crippen LogP contribution >= 0.6 is 27.5 Å². The van der Waals surface area contributed by atoms with E-state index in [1.807, 2.05) is 0 Å². The van der Waals surface area contributed by atoms with Gasteiger partial charge >= 0.3 is 0 Å². The molecule has 0 N–H and O–H groups in total. The maximum absolute atomic E-state index is 5.60. The summed E-state index contributed by atoms with van der Waals surface area (Å²) in [6, 6.07) is 0. The van der Waals surface area contributed by atoms with Gasteiger partial charge in [-0.15, -0.1) is 11.6 Å². The molecule has 0 spiro atoms. The van der Waals surface area contributed by atoms with Crippen molar-refractivity contribution in [1.29, 1.82) is 0 Å². The molecular weight excluding hydrogens is 175 g/mol. The van der Waals surface area contributed by atoms with Crippen LogP contribution in [0.2, 0.25) is 0 Å². The van der Waals surface area contributed by atoms with Crippen molar-refractivity contribution in [2.75, 3.05) is 5.88 Å². The second-order valence-corrected chi connectivity index (χ2v) is 3.83. The summed E-state index contributed by atoms with van der Waals surface area (Å²) in [5, 5.41) is 0. The highest BCUT2D eigenvalue weighted by atomic mass is 79.9. The zero-order valence-corrected chi connectivity index (χ0v) is 6.59. The molecule has 0 bridgehead atoms. The quantitative estimate of drug-likeness (QED) is 0.548. The second kappa shape index (κ2) is 1.63. The normalized spacial score (nSPS) is 49.3. The first-order chi connectivity index (χ1) is 3.19. The van der Waals surface area contributed by atoms with Crippen LogP contribution in [0.5, 0.6) is 0 Å². The Morgan fingerprint density at radius 1 is 2.00 bits per heavy atom. The molecule has 0 saturated heterocycles. The molecule has 0 aliphatic heterocycles. The molecule has 0 nitrogen and oxygen atoms in total. The molecule has 0 radical (unpaired) electrons. The second-order valence-electron chi connectivity index (χ2n) is 2.46. The molecule has 7 heavy (non-hydrogen) atoms. The molecule has 1 rings (SSSR count). The first-order valence-electron chi connectivity index (χ1n) is 2.39. The third kappa shape index (κ3) is 0.945. The van der Waals surface area contributed by atoms with Crippen molar-refractivity contribution < 1.29 is 0 Å². The van der Waals surface area contributed by atoms with Gasteiger partial charge < -0.3 is 0 Å². The molecule has 1 saturated carbocycles. The lowest BCUT2D eigenvalue weighted by molar-refractivity contribution is 0.668. The van der Waals surface area contributed by atoms with E-state index in [1.165, 1.54) is 6.42 Å². The minimum Gasteiger partial charge on any atom is -0.126 e. The van der Waals surface area contributed by atoms with Crippen LogP contribution in [-0.2, 0) is 0 Å². The van der Waals surface area contributed by atoms with Crippen LogP contribution in [0, 0.1) is 5.41 Å². The SMILES string of the molecule is CC1(CCl)CC1Br. The molecule has 42 valence electrons. The Kier molecular flexibility index (Phi) is 1.37. The van der Waals surface area contributed by atoms with Gasteiger partial charge in [-0.05, 0) is 11.8 Å². The van der Waals surface area contributed by atoms with Crippen molar-refractivity contribution in [2.45, 2.75) is 18.2 Å². The fourth-order valence-corrected chi connectivity index (χ4v) is 1.87. The summed E-state index contributed by atoms with van der Waals surface area (Å²) in [4.78, 5) is 0.692. The summed E-state index contributed by atoms with van der Waals surface area (Å²) < 4.78 is 0. The third-order valence-electron chi connectivity index (χ3n) is 1.55. The molecular formula is C5H8BrCl. The molecule has 1 aliphatic rings. The smallest absolute Gasteiger partial charge is 0.0288 e. The van der Waals surface area contributed by atoms with Crippen molar-refractivity contribution >= 4 is 27.5 Å². The Morgan fingerprint density at radius 3 is 2.43 bits per heavy atom. The largest absolute Gasteiger partial charge is 0.126 e. The maximum Gasteiger partial charge on any atom is 0.0288 e. The summed E-state index contributed by atoms with van der Waals surface area (Å²) in [6.07, 6.45) is 1.25. The minimum absolute atomic E-state index is 0.432. The highest BCUT2D eigenvalue weighted by Crippen LogP contribution is 2.51. The molecule has 0 aromatic rings. The summed E-state index contributed by atoms with van der Waals surface area (Å²) in [5.41, 5.74) is 0.432. The van der Waals surface area contributed by atoms with Gasteiger partial charge in [-0.25, -0.2) is 0 Å². The molecule has 0 aromatic heterocycles. The fourth-order valence-electron chi connectivity index (χ4n) is 0.489. The molecule has 2 unspecified atom stereocenters. The minimum atomic E-state index is 0.432. The van der Waals surface area contributed by atoms with E-state index in [0.29, 0.717) is 10.2 Å². The molecule has 0 amide bonds. The van der Waals surface area contributed by atoms with Gasteiger partial charge in [-0.1, -0.05) is 22.9 Å². The highest BCUT2D eigenvalue weighted by Gasteiger charge is 2.47. The molecule has 1 aliphatic carbocycles. The number of halogens is 2. The zero-order chi connectivity index (χ0) is 5.49. The van der Waals surface area contributed by atoms with Crippen LogP contribution in [0.25, 0.3) is 0 Å². The number of hydrogen-bond acceptors (Lipinski definition) is 0. The van der Waals surface area contributed by atoms with Crippen LogP contribution in [0.3, 0.4) is 0 Å². The van der Waals surface area contributed by atoms with Gasteiger partial charge in [0.05, 0.1) is 0 Å². The topological polar surface area (TPSA) is 0 Å². The predicted molar refractivity (Wildman–Crippen MR) is 36.2 cm³/mol. The van der Waals surface area contributed by atoms with E-state index in [9.17, 15) is 0 Å². The maximum atomic E-state index is 5.60. The fraction of sp³-hybridized carbons (Fsp3) is 1.00. The third-order valence-corrected chi connectivity index (χ3v) is 3.59. The van der Waals surface area contributed by atoms with Gasteiger partial charge in [0, 0.05) is 10.7 Å². The lowest BCUT2D eigenvalue weighted by Crippen LogP contribution is -1.97. The summed E-state index contributed by atoms with van der Waals surface area (Å²) in [5.74, 6) is 0.795.